The third-order valence-corrected chi connectivity index (χ3v) is 7.48. The molecule has 1 aromatic heterocycles. The van der Waals surface area contributed by atoms with Gasteiger partial charge in [0, 0.05) is 34.9 Å². The third-order valence-electron chi connectivity index (χ3n) is 7.48. The van der Waals surface area contributed by atoms with Gasteiger partial charge in [-0.2, -0.15) is 0 Å². The Morgan fingerprint density at radius 2 is 1.64 bits per heavy atom. The van der Waals surface area contributed by atoms with Gasteiger partial charge in [-0.05, 0) is 54.3 Å². The molecule has 4 aromatic rings. The van der Waals surface area contributed by atoms with Gasteiger partial charge in [-0.3, -0.25) is 14.5 Å². The van der Waals surface area contributed by atoms with Crippen molar-refractivity contribution in [1.82, 2.24) is 10.3 Å². The number of rotatable bonds is 9. The predicted molar refractivity (Wildman–Crippen MR) is 153 cm³/mol. The Morgan fingerprint density at radius 1 is 0.923 bits per heavy atom. The predicted octanol–water partition coefficient (Wildman–Crippen LogP) is 5.95. The van der Waals surface area contributed by atoms with E-state index in [0.29, 0.717) is 22.7 Å². The molecule has 0 aliphatic heterocycles. The Kier molecular flexibility index (Phi) is 8.16. The van der Waals surface area contributed by atoms with Gasteiger partial charge >= 0.3 is 0 Å². The van der Waals surface area contributed by atoms with Crippen LogP contribution in [0.4, 0.5) is 5.69 Å². The van der Waals surface area contributed by atoms with Crippen molar-refractivity contribution in [3.05, 3.63) is 90.1 Å². The fraction of sp³-hybridized carbons (Fsp3) is 0.312. The second-order valence-corrected chi connectivity index (χ2v) is 10.0. The molecule has 1 saturated carbocycles. The topological polar surface area (TPSA) is 83.7 Å². The summed E-state index contributed by atoms with van der Waals surface area (Å²) in [5, 5.41) is 4.25. The smallest absolute Gasteiger partial charge is 0.248 e. The minimum Gasteiger partial charge on any atom is -0.497 e. The summed E-state index contributed by atoms with van der Waals surface area (Å²) in [6, 6.07) is 21.8. The summed E-state index contributed by atoms with van der Waals surface area (Å²) in [5.74, 6) is 0.831. The van der Waals surface area contributed by atoms with Crippen LogP contribution >= 0.6 is 0 Å². The van der Waals surface area contributed by atoms with Crippen LogP contribution in [0.15, 0.2) is 79.0 Å². The number of hydrogen-bond acceptors (Lipinski definition) is 4. The Morgan fingerprint density at radius 3 is 2.41 bits per heavy atom. The van der Waals surface area contributed by atoms with E-state index in [0.717, 1.165) is 42.1 Å². The number of hydrogen-bond donors (Lipinski definition) is 2. The normalized spacial score (nSPS) is 14.5. The number of H-pyrrole nitrogens is 1. The number of nitrogens with one attached hydrogen (secondary N) is 2. The van der Waals surface area contributed by atoms with E-state index < -0.39 is 6.04 Å². The van der Waals surface area contributed by atoms with Crippen LogP contribution in [-0.4, -0.2) is 37.1 Å². The summed E-state index contributed by atoms with van der Waals surface area (Å²) in [6.07, 6.45) is 7.25. The molecule has 0 radical (unpaired) electrons. The summed E-state index contributed by atoms with van der Waals surface area (Å²) >= 11 is 0. The fourth-order valence-electron chi connectivity index (χ4n) is 5.48. The van der Waals surface area contributed by atoms with Gasteiger partial charge < -0.3 is 19.8 Å². The maximum atomic E-state index is 14.3. The lowest BCUT2D eigenvalue weighted by atomic mass is 9.94. The Balaban J connectivity index is 1.59. The first-order chi connectivity index (χ1) is 19.1. The molecular weight excluding hydrogens is 490 g/mol. The van der Waals surface area contributed by atoms with Crippen molar-refractivity contribution in [1.29, 1.82) is 0 Å². The quantitative estimate of drug-likeness (QED) is 0.283. The van der Waals surface area contributed by atoms with Crippen LogP contribution in [0.3, 0.4) is 0 Å². The SMILES string of the molecule is COc1cccc(C(C(=O)NC2CCCCC2)N(C(=O)Cc2c[nH]c3ccccc23)c2cccc(OC)c2)c1. The molecule has 39 heavy (non-hydrogen) atoms. The number of amides is 2. The molecule has 1 fully saturated rings. The number of aromatic nitrogens is 1. The van der Waals surface area contributed by atoms with Crippen LogP contribution in [-0.2, 0) is 16.0 Å². The van der Waals surface area contributed by atoms with Crippen molar-refractivity contribution in [2.24, 2.45) is 0 Å². The first-order valence-electron chi connectivity index (χ1n) is 13.5. The molecule has 1 atom stereocenters. The van der Waals surface area contributed by atoms with Crippen molar-refractivity contribution in [3.63, 3.8) is 0 Å². The second-order valence-electron chi connectivity index (χ2n) is 10.0. The van der Waals surface area contributed by atoms with Crippen LogP contribution in [0.25, 0.3) is 10.9 Å². The van der Waals surface area contributed by atoms with Crippen LogP contribution in [0.1, 0.15) is 49.3 Å². The fourth-order valence-corrected chi connectivity index (χ4v) is 5.48. The zero-order valence-electron chi connectivity index (χ0n) is 22.5. The van der Waals surface area contributed by atoms with Crippen LogP contribution in [0.2, 0.25) is 0 Å². The third kappa shape index (κ3) is 5.93. The number of para-hydroxylation sites is 1. The number of carbonyl (C=O) groups is 2. The van der Waals surface area contributed by atoms with Crippen LogP contribution in [0.5, 0.6) is 11.5 Å². The maximum absolute atomic E-state index is 14.3. The lowest BCUT2D eigenvalue weighted by Crippen LogP contribution is -2.47. The molecule has 0 spiro atoms. The molecule has 1 aliphatic carbocycles. The zero-order chi connectivity index (χ0) is 27.2. The number of anilines is 1. The lowest BCUT2D eigenvalue weighted by Gasteiger charge is -2.34. The largest absolute Gasteiger partial charge is 0.497 e. The highest BCUT2D eigenvalue weighted by atomic mass is 16.5. The van der Waals surface area contributed by atoms with Gasteiger partial charge in [0.15, 0.2) is 0 Å². The van der Waals surface area contributed by atoms with Gasteiger partial charge in [0.25, 0.3) is 0 Å². The van der Waals surface area contributed by atoms with Gasteiger partial charge in [0.1, 0.15) is 17.5 Å². The molecule has 1 unspecified atom stereocenters. The molecule has 1 aliphatic rings. The van der Waals surface area contributed by atoms with Crippen molar-refractivity contribution in [3.8, 4) is 11.5 Å². The average Bonchev–Trinajstić information content (AvgIpc) is 3.38. The average molecular weight is 526 g/mol. The molecule has 5 rings (SSSR count). The maximum Gasteiger partial charge on any atom is 0.248 e. The van der Waals surface area contributed by atoms with Gasteiger partial charge in [0.2, 0.25) is 11.8 Å². The van der Waals surface area contributed by atoms with E-state index in [-0.39, 0.29) is 24.3 Å². The number of ether oxygens (including phenoxy) is 2. The van der Waals surface area contributed by atoms with Gasteiger partial charge in [-0.15, -0.1) is 0 Å². The Bertz CT molecular complexity index is 1440. The molecule has 3 aromatic carbocycles. The van der Waals surface area contributed by atoms with Gasteiger partial charge in [-0.25, -0.2) is 0 Å². The van der Waals surface area contributed by atoms with Gasteiger partial charge in [-0.1, -0.05) is 55.7 Å². The van der Waals surface area contributed by atoms with E-state index in [1.165, 1.54) is 6.42 Å². The Hall–Kier alpha value is -4.26. The molecule has 0 saturated heterocycles. The molecule has 1 heterocycles. The highest BCUT2D eigenvalue weighted by Crippen LogP contribution is 2.33. The minimum atomic E-state index is -0.896. The summed E-state index contributed by atoms with van der Waals surface area (Å²) in [5.41, 5.74) is 3.11. The van der Waals surface area contributed by atoms with Crippen molar-refractivity contribution in [2.45, 2.75) is 50.6 Å². The van der Waals surface area contributed by atoms with Crippen molar-refractivity contribution in [2.75, 3.05) is 19.1 Å². The number of benzene rings is 3. The second kappa shape index (κ2) is 12.1. The number of nitrogens with zero attached hydrogens (tertiary/aromatic N) is 1. The first-order valence-corrected chi connectivity index (χ1v) is 13.5. The monoisotopic (exact) mass is 525 g/mol. The van der Waals surface area contributed by atoms with E-state index in [9.17, 15) is 9.59 Å². The van der Waals surface area contributed by atoms with Crippen LogP contribution in [0, 0.1) is 0 Å². The number of methoxy groups -OCH3 is 2. The van der Waals surface area contributed by atoms with Gasteiger partial charge in [0.05, 0.1) is 20.6 Å². The number of fused-ring (bicyclic) bond motifs is 1. The highest BCUT2D eigenvalue weighted by molar-refractivity contribution is 6.03. The molecule has 7 nitrogen and oxygen atoms in total. The number of aromatic amines is 1. The van der Waals surface area contributed by atoms with E-state index >= 15 is 0 Å². The number of carbonyl (C=O) groups excluding carboxylic acids is 2. The standard InChI is InChI=1S/C32H35N3O4/c1-38-26-14-8-10-22(18-26)31(32(37)34-24-11-4-3-5-12-24)35(25-13-9-15-27(20-25)39-2)30(36)19-23-21-33-29-17-7-6-16-28(23)29/h6-10,13-18,20-21,24,31,33H,3-5,11-12,19H2,1-2H3,(H,34,37). The first kappa shape index (κ1) is 26.4. The molecule has 0 bridgehead atoms. The van der Waals surface area contributed by atoms with Crippen LogP contribution < -0.4 is 19.7 Å². The molecular formula is C32H35N3O4. The summed E-state index contributed by atoms with van der Waals surface area (Å²) in [6.45, 7) is 0. The van der Waals surface area contributed by atoms with Crippen molar-refractivity contribution >= 4 is 28.4 Å². The van der Waals surface area contributed by atoms with E-state index in [2.05, 4.69) is 10.3 Å². The highest BCUT2D eigenvalue weighted by Gasteiger charge is 2.34. The minimum absolute atomic E-state index is 0.0928. The summed E-state index contributed by atoms with van der Waals surface area (Å²) in [7, 11) is 3.19. The molecule has 2 N–H and O–H groups in total. The van der Waals surface area contributed by atoms with E-state index in [1.54, 1.807) is 25.2 Å². The lowest BCUT2D eigenvalue weighted by molar-refractivity contribution is -0.127. The summed E-state index contributed by atoms with van der Waals surface area (Å²) in [4.78, 5) is 33.3. The molecule has 7 heteroatoms. The van der Waals surface area contributed by atoms with E-state index in [4.69, 9.17) is 9.47 Å². The van der Waals surface area contributed by atoms with Crippen molar-refractivity contribution < 1.29 is 19.1 Å². The van der Waals surface area contributed by atoms with E-state index in [1.807, 2.05) is 72.9 Å². The molecule has 2 amide bonds. The molecule has 202 valence electrons. The zero-order valence-corrected chi connectivity index (χ0v) is 22.5. The summed E-state index contributed by atoms with van der Waals surface area (Å²) < 4.78 is 11.0. The Labute approximate surface area is 229 Å².